The number of likely N-dealkylation sites (tertiary alicyclic amines) is 1. The van der Waals surface area contributed by atoms with Crippen LogP contribution in [0.15, 0.2) is 0 Å². The van der Waals surface area contributed by atoms with Crippen molar-refractivity contribution in [3.05, 3.63) is 0 Å². The van der Waals surface area contributed by atoms with Gasteiger partial charge in [-0.15, -0.1) is 0 Å². The summed E-state index contributed by atoms with van der Waals surface area (Å²) < 4.78 is 5.42. The quantitative estimate of drug-likeness (QED) is 0.723. The number of hydrogen-bond donors (Lipinski definition) is 1. The molecule has 0 bridgehead atoms. The maximum atomic E-state index is 12.1. The fraction of sp³-hybridized carbons (Fsp3) is 0.929. The van der Waals surface area contributed by atoms with Crippen LogP contribution < -0.4 is 0 Å². The van der Waals surface area contributed by atoms with Crippen LogP contribution in [0.25, 0.3) is 0 Å². The van der Waals surface area contributed by atoms with Crippen LogP contribution >= 0.6 is 0 Å². The van der Waals surface area contributed by atoms with Crippen molar-refractivity contribution in [1.29, 1.82) is 0 Å². The molecule has 2 rings (SSSR count). The molecule has 1 aliphatic carbocycles. The molecular weight excluding hydrogens is 230 g/mol. The molecule has 1 spiro atoms. The summed E-state index contributed by atoms with van der Waals surface area (Å²) in [6, 6.07) is 0. The van der Waals surface area contributed by atoms with Gasteiger partial charge in [-0.2, -0.15) is 0 Å². The zero-order valence-electron chi connectivity index (χ0n) is 11.7. The number of carbonyl (C=O) groups excluding carboxylic acids is 1. The lowest BCUT2D eigenvalue weighted by molar-refractivity contribution is -0.0271. The van der Waals surface area contributed by atoms with E-state index in [0.717, 1.165) is 38.6 Å². The van der Waals surface area contributed by atoms with Gasteiger partial charge in [0.25, 0.3) is 0 Å². The maximum Gasteiger partial charge on any atom is 0.410 e. The van der Waals surface area contributed by atoms with Crippen molar-refractivity contribution in [2.75, 3.05) is 13.1 Å². The van der Waals surface area contributed by atoms with Gasteiger partial charge < -0.3 is 14.7 Å². The minimum atomic E-state index is -0.448. The zero-order chi connectivity index (χ0) is 13.4. The van der Waals surface area contributed by atoms with E-state index in [1.807, 2.05) is 20.8 Å². The number of piperidine rings is 1. The number of aliphatic hydroxyl groups is 1. The molecule has 1 saturated heterocycles. The molecule has 1 heterocycles. The minimum Gasteiger partial charge on any atom is -0.444 e. The van der Waals surface area contributed by atoms with Gasteiger partial charge in [0.2, 0.25) is 0 Å². The molecule has 104 valence electrons. The molecule has 2 aliphatic rings. The highest BCUT2D eigenvalue weighted by atomic mass is 16.6. The lowest BCUT2D eigenvalue weighted by Gasteiger charge is -2.42. The molecule has 2 atom stereocenters. The Morgan fingerprint density at radius 2 is 2.00 bits per heavy atom. The highest BCUT2D eigenvalue weighted by molar-refractivity contribution is 5.68. The fourth-order valence-corrected chi connectivity index (χ4v) is 3.24. The molecule has 0 radical (unpaired) electrons. The lowest BCUT2D eigenvalue weighted by Crippen LogP contribution is -2.50. The first-order valence-corrected chi connectivity index (χ1v) is 6.98. The van der Waals surface area contributed by atoms with Crippen molar-refractivity contribution in [3.8, 4) is 0 Å². The van der Waals surface area contributed by atoms with E-state index in [4.69, 9.17) is 4.74 Å². The molecule has 0 aromatic rings. The highest BCUT2D eigenvalue weighted by Crippen LogP contribution is 2.45. The zero-order valence-corrected chi connectivity index (χ0v) is 11.7. The third-order valence-electron chi connectivity index (χ3n) is 4.12. The largest absolute Gasteiger partial charge is 0.444 e. The summed E-state index contributed by atoms with van der Waals surface area (Å²) >= 11 is 0. The van der Waals surface area contributed by atoms with Crippen LogP contribution in [-0.4, -0.2) is 40.9 Å². The first kappa shape index (κ1) is 13.7. The van der Waals surface area contributed by atoms with Crippen molar-refractivity contribution in [1.82, 2.24) is 4.90 Å². The predicted molar refractivity (Wildman–Crippen MR) is 69.3 cm³/mol. The molecule has 2 fully saturated rings. The van der Waals surface area contributed by atoms with Gasteiger partial charge in [-0.25, -0.2) is 4.79 Å². The molecule has 0 unspecified atom stereocenters. The first-order valence-electron chi connectivity index (χ1n) is 6.98. The third-order valence-corrected chi connectivity index (χ3v) is 4.12. The molecule has 18 heavy (non-hydrogen) atoms. The van der Waals surface area contributed by atoms with Crippen molar-refractivity contribution in [2.45, 2.75) is 64.6 Å². The standard InChI is InChI=1S/C14H25NO3/c1-13(2,3)18-12(17)15-9-5-8-14(10-15)7-4-6-11(14)16/h11,16H,4-10H2,1-3H3/t11-,14+/m1/s1. The summed E-state index contributed by atoms with van der Waals surface area (Å²) in [6.45, 7) is 7.06. The second-order valence-corrected chi connectivity index (χ2v) is 6.78. The molecule has 4 heteroatoms. The molecule has 1 amide bonds. The Kier molecular flexibility index (Phi) is 3.58. The van der Waals surface area contributed by atoms with Crippen molar-refractivity contribution >= 4 is 6.09 Å². The van der Waals surface area contributed by atoms with E-state index in [0.29, 0.717) is 6.54 Å². The molecule has 1 N–H and O–H groups in total. The summed E-state index contributed by atoms with van der Waals surface area (Å²) in [4.78, 5) is 13.9. The van der Waals surface area contributed by atoms with Gasteiger partial charge >= 0.3 is 6.09 Å². The molecule has 0 aromatic heterocycles. The van der Waals surface area contributed by atoms with Crippen LogP contribution in [0, 0.1) is 5.41 Å². The predicted octanol–water partition coefficient (Wildman–Crippen LogP) is 2.55. The van der Waals surface area contributed by atoms with E-state index in [9.17, 15) is 9.90 Å². The summed E-state index contributed by atoms with van der Waals surface area (Å²) in [5, 5.41) is 10.2. The summed E-state index contributed by atoms with van der Waals surface area (Å²) in [5.41, 5.74) is -0.509. The van der Waals surface area contributed by atoms with E-state index >= 15 is 0 Å². The summed E-state index contributed by atoms with van der Waals surface area (Å²) in [6.07, 6.45) is 4.51. The minimum absolute atomic E-state index is 0.0604. The SMILES string of the molecule is CC(C)(C)OC(=O)N1CCC[C@@]2(CCC[C@H]2O)C1. The van der Waals surface area contributed by atoms with Crippen molar-refractivity contribution < 1.29 is 14.6 Å². The van der Waals surface area contributed by atoms with Crippen LogP contribution in [0.5, 0.6) is 0 Å². The Bertz CT molecular complexity index is 323. The number of aliphatic hydroxyl groups excluding tert-OH is 1. The average molecular weight is 255 g/mol. The van der Waals surface area contributed by atoms with Gasteiger partial charge in [-0.1, -0.05) is 6.42 Å². The van der Waals surface area contributed by atoms with Gasteiger partial charge in [-0.05, 0) is 46.5 Å². The number of rotatable bonds is 0. The normalized spacial score (nSPS) is 32.9. The van der Waals surface area contributed by atoms with Crippen LogP contribution in [-0.2, 0) is 4.74 Å². The van der Waals surface area contributed by atoms with Crippen molar-refractivity contribution in [3.63, 3.8) is 0 Å². The van der Waals surface area contributed by atoms with E-state index in [1.54, 1.807) is 4.90 Å². The number of amides is 1. The Labute approximate surface area is 109 Å². The number of hydrogen-bond acceptors (Lipinski definition) is 3. The maximum absolute atomic E-state index is 12.1. The highest BCUT2D eigenvalue weighted by Gasteiger charge is 2.46. The molecule has 1 aliphatic heterocycles. The monoisotopic (exact) mass is 255 g/mol. The summed E-state index contributed by atoms with van der Waals surface area (Å²) in [5.74, 6) is 0. The third kappa shape index (κ3) is 2.79. The molecule has 1 saturated carbocycles. The Balaban J connectivity index is 2.01. The Hall–Kier alpha value is -0.770. The van der Waals surface area contributed by atoms with E-state index < -0.39 is 5.60 Å². The van der Waals surface area contributed by atoms with Crippen LogP contribution in [0.4, 0.5) is 4.79 Å². The lowest BCUT2D eigenvalue weighted by atomic mass is 9.77. The second-order valence-electron chi connectivity index (χ2n) is 6.78. The van der Waals surface area contributed by atoms with E-state index in [1.165, 1.54) is 0 Å². The van der Waals surface area contributed by atoms with Gasteiger partial charge in [0.15, 0.2) is 0 Å². The second kappa shape index (κ2) is 4.72. The molecule has 4 nitrogen and oxygen atoms in total. The van der Waals surface area contributed by atoms with Gasteiger partial charge in [-0.3, -0.25) is 0 Å². The Morgan fingerprint density at radius 3 is 2.56 bits per heavy atom. The molecule has 0 aromatic carbocycles. The Morgan fingerprint density at radius 1 is 1.33 bits per heavy atom. The van der Waals surface area contributed by atoms with Crippen LogP contribution in [0.2, 0.25) is 0 Å². The number of nitrogens with zero attached hydrogens (tertiary/aromatic N) is 1. The van der Waals surface area contributed by atoms with Gasteiger partial charge in [0.05, 0.1) is 6.10 Å². The molecular formula is C14H25NO3. The number of ether oxygens (including phenoxy) is 1. The van der Waals surface area contributed by atoms with E-state index in [2.05, 4.69) is 0 Å². The fourth-order valence-electron chi connectivity index (χ4n) is 3.24. The van der Waals surface area contributed by atoms with E-state index in [-0.39, 0.29) is 17.6 Å². The van der Waals surface area contributed by atoms with Gasteiger partial charge in [0.1, 0.15) is 5.60 Å². The topological polar surface area (TPSA) is 49.8 Å². The summed E-state index contributed by atoms with van der Waals surface area (Å²) in [7, 11) is 0. The van der Waals surface area contributed by atoms with Crippen LogP contribution in [0.3, 0.4) is 0 Å². The number of carbonyl (C=O) groups is 1. The first-order chi connectivity index (χ1) is 8.32. The van der Waals surface area contributed by atoms with Crippen molar-refractivity contribution in [2.24, 2.45) is 5.41 Å². The van der Waals surface area contributed by atoms with Crippen LogP contribution in [0.1, 0.15) is 52.9 Å². The smallest absolute Gasteiger partial charge is 0.410 e. The average Bonchev–Trinajstić information content (AvgIpc) is 2.58. The van der Waals surface area contributed by atoms with Gasteiger partial charge in [0, 0.05) is 18.5 Å².